The van der Waals surface area contributed by atoms with Crippen LogP contribution < -0.4 is 10.6 Å². The van der Waals surface area contributed by atoms with E-state index in [1.807, 2.05) is 30.6 Å². The molecule has 6 rings (SSSR count). The number of aromatic nitrogens is 4. The van der Waals surface area contributed by atoms with Crippen LogP contribution in [0.4, 0.5) is 5.69 Å². The SMILES string of the molecule is O=C(NC1CCCC1)c1ccc(NC(=O)c2n[nH]c3ccc(-c4cncc(CN5CCCC5)c4)cc23)cn1. The van der Waals surface area contributed by atoms with Gasteiger partial charge in [0.15, 0.2) is 5.69 Å². The topological polar surface area (TPSA) is 116 Å². The Hall–Kier alpha value is -4.11. The van der Waals surface area contributed by atoms with Gasteiger partial charge < -0.3 is 10.6 Å². The maximum absolute atomic E-state index is 13.1. The Bertz CT molecular complexity index is 1450. The molecule has 4 aromatic rings. The summed E-state index contributed by atoms with van der Waals surface area (Å²) < 4.78 is 0. The molecule has 38 heavy (non-hydrogen) atoms. The lowest BCUT2D eigenvalue weighted by Crippen LogP contribution is -2.33. The predicted octanol–water partition coefficient (Wildman–Crippen LogP) is 4.54. The summed E-state index contributed by atoms with van der Waals surface area (Å²) in [4.78, 5) is 36.7. The van der Waals surface area contributed by atoms with E-state index in [4.69, 9.17) is 0 Å². The first kappa shape index (κ1) is 24.2. The number of hydrogen-bond donors (Lipinski definition) is 3. The van der Waals surface area contributed by atoms with Crippen molar-refractivity contribution < 1.29 is 9.59 Å². The summed E-state index contributed by atoms with van der Waals surface area (Å²) in [6.07, 6.45) is 12.1. The Morgan fingerprint density at radius 3 is 2.55 bits per heavy atom. The molecule has 3 N–H and O–H groups in total. The Morgan fingerprint density at radius 1 is 0.921 bits per heavy atom. The molecule has 194 valence electrons. The molecule has 2 aliphatic rings. The van der Waals surface area contributed by atoms with Gasteiger partial charge in [0.05, 0.1) is 17.4 Å². The molecular formula is C29H31N7O2. The number of fused-ring (bicyclic) bond motifs is 1. The number of nitrogens with one attached hydrogen (secondary N) is 3. The van der Waals surface area contributed by atoms with Gasteiger partial charge in [0.25, 0.3) is 11.8 Å². The van der Waals surface area contributed by atoms with E-state index in [-0.39, 0.29) is 17.9 Å². The molecule has 0 atom stereocenters. The third-order valence-corrected chi connectivity index (χ3v) is 7.46. The van der Waals surface area contributed by atoms with Crippen LogP contribution in [0.15, 0.2) is 55.0 Å². The number of likely N-dealkylation sites (tertiary alicyclic amines) is 1. The van der Waals surface area contributed by atoms with E-state index in [2.05, 4.69) is 41.8 Å². The van der Waals surface area contributed by atoms with Crippen molar-refractivity contribution in [1.29, 1.82) is 0 Å². The van der Waals surface area contributed by atoms with Gasteiger partial charge in [-0.1, -0.05) is 18.9 Å². The zero-order valence-electron chi connectivity index (χ0n) is 21.2. The second-order valence-electron chi connectivity index (χ2n) is 10.2. The van der Waals surface area contributed by atoms with Crippen LogP contribution in [-0.4, -0.2) is 56.0 Å². The molecule has 0 unspecified atom stereocenters. The van der Waals surface area contributed by atoms with Crippen LogP contribution >= 0.6 is 0 Å². The van der Waals surface area contributed by atoms with Crippen LogP contribution in [0.5, 0.6) is 0 Å². The zero-order valence-corrected chi connectivity index (χ0v) is 21.2. The van der Waals surface area contributed by atoms with Crippen LogP contribution in [0.1, 0.15) is 65.1 Å². The summed E-state index contributed by atoms with van der Waals surface area (Å²) in [5, 5.41) is 13.8. The van der Waals surface area contributed by atoms with Gasteiger partial charge in [0.2, 0.25) is 0 Å². The smallest absolute Gasteiger partial charge is 0.276 e. The van der Waals surface area contributed by atoms with Crippen LogP contribution in [0, 0.1) is 0 Å². The van der Waals surface area contributed by atoms with Crippen molar-refractivity contribution in [2.45, 2.75) is 51.1 Å². The van der Waals surface area contributed by atoms with E-state index < -0.39 is 0 Å². The van der Waals surface area contributed by atoms with Crippen LogP contribution in [0.3, 0.4) is 0 Å². The highest BCUT2D eigenvalue weighted by atomic mass is 16.2. The first-order valence-electron chi connectivity index (χ1n) is 13.4. The lowest BCUT2D eigenvalue weighted by atomic mass is 10.0. The number of hydrogen-bond acceptors (Lipinski definition) is 6. The number of nitrogens with zero attached hydrogens (tertiary/aromatic N) is 4. The fourth-order valence-corrected chi connectivity index (χ4v) is 5.42. The molecule has 0 bridgehead atoms. The number of H-pyrrole nitrogens is 1. The molecule has 3 aromatic heterocycles. The van der Waals surface area contributed by atoms with Crippen molar-refractivity contribution in [1.82, 2.24) is 30.4 Å². The summed E-state index contributed by atoms with van der Waals surface area (Å²) in [5.41, 5.74) is 5.07. The standard InChI is InChI=1S/C29H31N7O2/c37-28(32-22-5-1-2-6-22)26-10-8-23(17-31-26)33-29(38)27-24-14-20(7-9-25(24)34-35-27)21-13-19(15-30-16-21)18-36-11-3-4-12-36/h7-10,13-17,22H,1-6,11-12,18H2,(H,32,37)(H,33,38)(H,34,35). The Kier molecular flexibility index (Phi) is 6.83. The number of anilines is 1. The summed E-state index contributed by atoms with van der Waals surface area (Å²) in [6.45, 7) is 3.17. The Labute approximate surface area is 221 Å². The van der Waals surface area contributed by atoms with Crippen molar-refractivity contribution >= 4 is 28.4 Å². The fraction of sp³-hybridized carbons (Fsp3) is 0.345. The van der Waals surface area contributed by atoms with E-state index in [0.717, 1.165) is 67.3 Å². The monoisotopic (exact) mass is 509 g/mol. The van der Waals surface area contributed by atoms with E-state index in [0.29, 0.717) is 17.1 Å². The minimum atomic E-state index is -0.348. The number of carbonyl (C=O) groups excluding carboxylic acids is 2. The fourth-order valence-electron chi connectivity index (χ4n) is 5.42. The highest BCUT2D eigenvalue weighted by Crippen LogP contribution is 2.27. The maximum atomic E-state index is 13.1. The predicted molar refractivity (Wildman–Crippen MR) is 146 cm³/mol. The van der Waals surface area contributed by atoms with E-state index in [1.54, 1.807) is 12.1 Å². The number of rotatable bonds is 7. The van der Waals surface area contributed by atoms with Gasteiger partial charge in [-0.2, -0.15) is 5.10 Å². The summed E-state index contributed by atoms with van der Waals surface area (Å²) >= 11 is 0. The number of aromatic amines is 1. The molecule has 9 nitrogen and oxygen atoms in total. The second-order valence-corrected chi connectivity index (χ2v) is 10.2. The van der Waals surface area contributed by atoms with Crippen LogP contribution in [-0.2, 0) is 6.54 Å². The molecule has 2 fully saturated rings. The molecule has 1 saturated heterocycles. The number of pyridine rings is 2. The van der Waals surface area contributed by atoms with E-state index in [9.17, 15) is 9.59 Å². The van der Waals surface area contributed by atoms with Gasteiger partial charge in [-0.3, -0.25) is 24.6 Å². The number of benzene rings is 1. The normalized spacial score (nSPS) is 16.2. The largest absolute Gasteiger partial charge is 0.348 e. The van der Waals surface area contributed by atoms with Gasteiger partial charge in [0, 0.05) is 35.9 Å². The highest BCUT2D eigenvalue weighted by molar-refractivity contribution is 6.11. The highest BCUT2D eigenvalue weighted by Gasteiger charge is 2.20. The lowest BCUT2D eigenvalue weighted by Gasteiger charge is -2.14. The first-order chi connectivity index (χ1) is 18.6. The molecule has 0 radical (unpaired) electrons. The van der Waals surface area contributed by atoms with Crippen LogP contribution in [0.25, 0.3) is 22.0 Å². The van der Waals surface area contributed by atoms with Gasteiger partial charge in [0.1, 0.15) is 5.69 Å². The molecule has 1 aliphatic heterocycles. The third-order valence-electron chi connectivity index (χ3n) is 7.46. The van der Waals surface area contributed by atoms with E-state index in [1.165, 1.54) is 24.6 Å². The summed E-state index contributed by atoms with van der Waals surface area (Å²) in [5.74, 6) is -0.529. The zero-order chi connectivity index (χ0) is 25.9. The first-order valence-corrected chi connectivity index (χ1v) is 13.4. The lowest BCUT2D eigenvalue weighted by molar-refractivity contribution is 0.0932. The van der Waals surface area contributed by atoms with Crippen molar-refractivity contribution in [3.05, 3.63) is 71.9 Å². The molecular weight excluding hydrogens is 478 g/mol. The Morgan fingerprint density at radius 2 is 1.76 bits per heavy atom. The minimum Gasteiger partial charge on any atom is -0.348 e. The number of amides is 2. The van der Waals surface area contributed by atoms with Crippen molar-refractivity contribution in [2.75, 3.05) is 18.4 Å². The Balaban J connectivity index is 1.17. The maximum Gasteiger partial charge on any atom is 0.276 e. The quantitative estimate of drug-likeness (QED) is 0.337. The summed E-state index contributed by atoms with van der Waals surface area (Å²) in [6, 6.07) is 11.6. The summed E-state index contributed by atoms with van der Waals surface area (Å²) in [7, 11) is 0. The molecule has 9 heteroatoms. The van der Waals surface area contributed by atoms with Gasteiger partial charge in [-0.05, 0) is 80.2 Å². The van der Waals surface area contributed by atoms with Gasteiger partial charge in [-0.25, -0.2) is 4.98 Å². The van der Waals surface area contributed by atoms with Crippen molar-refractivity contribution in [3.63, 3.8) is 0 Å². The van der Waals surface area contributed by atoms with Crippen molar-refractivity contribution in [3.8, 4) is 11.1 Å². The van der Waals surface area contributed by atoms with Crippen molar-refractivity contribution in [2.24, 2.45) is 0 Å². The molecule has 4 heterocycles. The number of carbonyl (C=O) groups is 2. The van der Waals surface area contributed by atoms with Gasteiger partial charge in [-0.15, -0.1) is 0 Å². The van der Waals surface area contributed by atoms with Gasteiger partial charge >= 0.3 is 0 Å². The molecule has 1 aliphatic carbocycles. The minimum absolute atomic E-state index is 0.181. The average Bonchev–Trinajstić information content (AvgIpc) is 3.72. The average molecular weight is 510 g/mol. The molecule has 1 aromatic carbocycles. The van der Waals surface area contributed by atoms with Crippen LogP contribution in [0.2, 0.25) is 0 Å². The second kappa shape index (κ2) is 10.7. The third kappa shape index (κ3) is 5.28. The molecule has 1 saturated carbocycles. The molecule has 2 amide bonds. The molecule has 0 spiro atoms. The van der Waals surface area contributed by atoms with E-state index >= 15 is 0 Å².